The van der Waals surface area contributed by atoms with Crippen LogP contribution in [-0.4, -0.2) is 39.5 Å². The Morgan fingerprint density at radius 3 is 2.79 bits per heavy atom. The molecule has 1 rings (SSSR count). The number of sulfonamides is 1. The zero-order valence-corrected chi connectivity index (χ0v) is 12.0. The Morgan fingerprint density at radius 1 is 1.42 bits per heavy atom. The number of ether oxygens (including phenoxy) is 1. The van der Waals surface area contributed by atoms with Gasteiger partial charge in [0.15, 0.2) is 11.5 Å². The summed E-state index contributed by atoms with van der Waals surface area (Å²) in [5.41, 5.74) is 1.00. The molecule has 0 aromatic heterocycles. The number of benzene rings is 1. The van der Waals surface area contributed by atoms with Gasteiger partial charge in [0.05, 0.1) is 23.2 Å². The van der Waals surface area contributed by atoms with Crippen molar-refractivity contribution < 1.29 is 23.6 Å². The van der Waals surface area contributed by atoms with E-state index in [0.29, 0.717) is 25.4 Å². The van der Waals surface area contributed by atoms with Gasteiger partial charge in [0, 0.05) is 11.8 Å². The van der Waals surface area contributed by atoms with Crippen LogP contribution in [0.15, 0.2) is 18.2 Å². The molecule has 6 nitrogen and oxygen atoms in total. The molecule has 1 aromatic rings. The summed E-state index contributed by atoms with van der Waals surface area (Å²) in [7, 11) is -3.24. The second kappa shape index (κ2) is 7.32. The van der Waals surface area contributed by atoms with Gasteiger partial charge >= 0.3 is 0 Å². The van der Waals surface area contributed by atoms with E-state index in [-0.39, 0.29) is 12.3 Å². The summed E-state index contributed by atoms with van der Waals surface area (Å²) in [6, 6.07) is 5.18. The second-order valence-electron chi connectivity index (χ2n) is 4.10. The third-order valence-corrected chi connectivity index (χ3v) is 3.01. The van der Waals surface area contributed by atoms with Crippen LogP contribution in [0.25, 0.3) is 4.72 Å². The maximum absolute atomic E-state index is 10.8. The molecular formula is C12H20N2O4S. The van der Waals surface area contributed by atoms with Gasteiger partial charge < -0.3 is 19.9 Å². The predicted molar refractivity (Wildman–Crippen MR) is 72.8 cm³/mol. The minimum absolute atomic E-state index is 0.123. The molecule has 0 fully saturated rings. The Morgan fingerprint density at radius 2 is 2.16 bits per heavy atom. The lowest BCUT2D eigenvalue weighted by Gasteiger charge is -2.14. The molecule has 1 aromatic carbocycles. The van der Waals surface area contributed by atoms with Crippen LogP contribution >= 0.6 is 0 Å². The monoisotopic (exact) mass is 288 g/mol. The standard InChI is InChI=1S/C12H19N2O4S/c1-3-18-12-8-10(4-5-11(12)15)9-13-6-7-14-19(2,16)17/h4-5,8,13,15H,3,6-7,9H2,1-2H3/q-1/p+1. The van der Waals surface area contributed by atoms with E-state index in [9.17, 15) is 13.5 Å². The van der Waals surface area contributed by atoms with Crippen molar-refractivity contribution in [2.75, 3.05) is 26.0 Å². The van der Waals surface area contributed by atoms with E-state index in [4.69, 9.17) is 4.74 Å². The fraction of sp³-hybridized carbons (Fsp3) is 0.500. The highest BCUT2D eigenvalue weighted by atomic mass is 32.2. The average molecular weight is 288 g/mol. The van der Waals surface area contributed by atoms with E-state index in [1.165, 1.54) is 0 Å². The van der Waals surface area contributed by atoms with E-state index in [2.05, 4.69) is 4.72 Å². The summed E-state index contributed by atoms with van der Waals surface area (Å²) in [6.07, 6.45) is 1.08. The molecule has 0 aliphatic heterocycles. The van der Waals surface area contributed by atoms with Crippen LogP contribution in [0, 0.1) is 0 Å². The van der Waals surface area contributed by atoms with Gasteiger partial charge in [0.25, 0.3) is 0 Å². The van der Waals surface area contributed by atoms with Gasteiger partial charge in [-0.1, -0.05) is 6.54 Å². The summed E-state index contributed by atoms with van der Waals surface area (Å²) in [4.78, 5) is 0. The number of aromatic hydroxyl groups is 1. The van der Waals surface area contributed by atoms with Crippen molar-refractivity contribution in [1.82, 2.24) is 0 Å². The lowest BCUT2D eigenvalue weighted by atomic mass is 10.2. The lowest BCUT2D eigenvalue weighted by molar-refractivity contribution is -0.667. The molecule has 0 amide bonds. The van der Waals surface area contributed by atoms with Crippen molar-refractivity contribution in [1.29, 1.82) is 0 Å². The molecule has 0 spiro atoms. The summed E-state index contributed by atoms with van der Waals surface area (Å²) < 4.78 is 30.4. The molecule has 3 N–H and O–H groups in total. The summed E-state index contributed by atoms with van der Waals surface area (Å²) >= 11 is 0. The Kier molecular flexibility index (Phi) is 6.07. The highest BCUT2D eigenvalue weighted by Crippen LogP contribution is 2.26. The Balaban J connectivity index is 2.39. The van der Waals surface area contributed by atoms with Crippen molar-refractivity contribution in [3.63, 3.8) is 0 Å². The number of rotatable bonds is 8. The van der Waals surface area contributed by atoms with E-state index in [0.717, 1.165) is 11.8 Å². The maximum Gasteiger partial charge on any atom is 0.161 e. The molecular weight excluding hydrogens is 268 g/mol. The number of hydrogen-bond acceptors (Lipinski definition) is 4. The molecule has 0 aliphatic carbocycles. The highest BCUT2D eigenvalue weighted by molar-refractivity contribution is 7.93. The van der Waals surface area contributed by atoms with Gasteiger partial charge in [0.2, 0.25) is 0 Å². The second-order valence-corrected chi connectivity index (χ2v) is 5.83. The van der Waals surface area contributed by atoms with Crippen LogP contribution in [0.4, 0.5) is 0 Å². The van der Waals surface area contributed by atoms with Gasteiger partial charge in [-0.15, -0.1) is 0 Å². The van der Waals surface area contributed by atoms with Crippen molar-refractivity contribution >= 4 is 10.0 Å². The molecule has 19 heavy (non-hydrogen) atoms. The van der Waals surface area contributed by atoms with Crippen LogP contribution in [0.2, 0.25) is 0 Å². The van der Waals surface area contributed by atoms with Crippen LogP contribution in [0.5, 0.6) is 11.5 Å². The number of phenols is 1. The quantitative estimate of drug-likeness (QED) is 0.668. The minimum atomic E-state index is -3.24. The van der Waals surface area contributed by atoms with Gasteiger partial charge in [-0.2, -0.15) is 0 Å². The van der Waals surface area contributed by atoms with Gasteiger partial charge in [-0.25, -0.2) is 8.42 Å². The van der Waals surface area contributed by atoms with Crippen LogP contribution in [0.1, 0.15) is 12.5 Å². The van der Waals surface area contributed by atoms with Crippen molar-refractivity contribution in [2.45, 2.75) is 13.5 Å². The number of phenolic OH excluding ortho intramolecular Hbond substituents is 1. The zero-order chi connectivity index (χ0) is 14.3. The SMILES string of the molecule is CCOc1cc(C[NH2+]CC[N-]S(C)(=O)=O)ccc1O. The number of nitrogens with two attached hydrogens (primary N) is 1. The predicted octanol–water partition coefficient (Wildman–Crippen LogP) is 0.188. The molecule has 0 saturated carbocycles. The van der Waals surface area contributed by atoms with Gasteiger partial charge in [-0.3, -0.25) is 0 Å². The van der Waals surface area contributed by atoms with Crippen molar-refractivity contribution in [3.05, 3.63) is 28.5 Å². The molecule has 0 unspecified atom stereocenters. The zero-order valence-electron chi connectivity index (χ0n) is 11.2. The average Bonchev–Trinajstić information content (AvgIpc) is 2.31. The fourth-order valence-electron chi connectivity index (χ4n) is 1.54. The molecule has 0 heterocycles. The van der Waals surface area contributed by atoms with Crippen molar-refractivity contribution in [2.24, 2.45) is 0 Å². The van der Waals surface area contributed by atoms with Crippen LogP contribution in [0.3, 0.4) is 0 Å². The first-order valence-electron chi connectivity index (χ1n) is 6.07. The number of quaternary nitrogens is 1. The van der Waals surface area contributed by atoms with E-state index in [1.807, 2.05) is 18.3 Å². The molecule has 0 saturated heterocycles. The Bertz CT molecular complexity index is 502. The summed E-state index contributed by atoms with van der Waals surface area (Å²) in [5, 5.41) is 11.5. The molecule has 7 heteroatoms. The normalized spacial score (nSPS) is 11.5. The van der Waals surface area contributed by atoms with Crippen molar-refractivity contribution in [3.8, 4) is 11.5 Å². The van der Waals surface area contributed by atoms with E-state index < -0.39 is 10.0 Å². The first kappa shape index (κ1) is 15.7. The first-order chi connectivity index (χ1) is 8.92. The molecule has 108 valence electrons. The third kappa shape index (κ3) is 6.42. The van der Waals surface area contributed by atoms with Gasteiger partial charge in [0.1, 0.15) is 6.54 Å². The van der Waals surface area contributed by atoms with Gasteiger partial charge in [-0.05, 0) is 25.1 Å². The molecule has 0 radical (unpaired) electrons. The van der Waals surface area contributed by atoms with Crippen LogP contribution < -0.4 is 10.1 Å². The molecule has 0 aliphatic rings. The fourth-order valence-corrected chi connectivity index (χ4v) is 1.97. The Labute approximate surface area is 113 Å². The lowest BCUT2D eigenvalue weighted by Crippen LogP contribution is -2.83. The van der Waals surface area contributed by atoms with E-state index in [1.54, 1.807) is 12.1 Å². The Hall–Kier alpha value is -1.31. The topological polar surface area (TPSA) is 94.3 Å². The van der Waals surface area contributed by atoms with E-state index >= 15 is 0 Å². The van der Waals surface area contributed by atoms with Crippen LogP contribution in [-0.2, 0) is 16.6 Å². The minimum Gasteiger partial charge on any atom is -0.545 e. The number of hydrogen-bond donors (Lipinski definition) is 2. The first-order valence-corrected chi connectivity index (χ1v) is 7.92. The highest BCUT2D eigenvalue weighted by Gasteiger charge is 2.04. The summed E-state index contributed by atoms with van der Waals surface area (Å²) in [5.74, 6) is 0.590. The number of nitrogens with zero attached hydrogens (tertiary/aromatic N) is 1. The smallest absolute Gasteiger partial charge is 0.161 e. The summed E-state index contributed by atoms with van der Waals surface area (Å²) in [6.45, 7) is 3.89. The maximum atomic E-state index is 10.8. The largest absolute Gasteiger partial charge is 0.545 e. The molecule has 0 bridgehead atoms. The molecule has 0 atom stereocenters. The third-order valence-electron chi connectivity index (χ3n) is 2.36.